The van der Waals surface area contributed by atoms with Crippen molar-refractivity contribution >= 4 is 47.4 Å². The van der Waals surface area contributed by atoms with Gasteiger partial charge in [0.05, 0.1) is 12.7 Å². The number of aliphatic carboxylic acids is 3. The smallest absolute Gasteiger partial charge is 0.326 e. The molecule has 4 atom stereocenters. The van der Waals surface area contributed by atoms with Gasteiger partial charge in [-0.1, -0.05) is 13.8 Å². The number of nitrogens with zero attached hydrogens (tertiary/aromatic N) is 1. The summed E-state index contributed by atoms with van der Waals surface area (Å²) in [7, 11) is 0. The molecule has 18 nitrogen and oxygen atoms in total. The third kappa shape index (κ3) is 15.5. The zero-order valence-electron chi connectivity index (χ0n) is 23.5. The molecule has 1 heterocycles. The number of amides is 5. The fraction of sp³-hybridized carbons (Fsp3) is 0.542. The van der Waals surface area contributed by atoms with Gasteiger partial charge in [-0.15, -0.1) is 0 Å². The number of rotatable bonds is 16. The molecule has 0 aliphatic rings. The number of aromatic amines is 1. The maximum Gasteiger partial charge on any atom is 0.326 e. The fourth-order valence-corrected chi connectivity index (χ4v) is 3.32. The van der Waals surface area contributed by atoms with E-state index in [0.29, 0.717) is 5.69 Å². The molecule has 0 aromatic carbocycles. The molecule has 0 aliphatic heterocycles. The summed E-state index contributed by atoms with van der Waals surface area (Å²) >= 11 is 0. The van der Waals surface area contributed by atoms with Gasteiger partial charge in [0, 0.05) is 38.6 Å². The highest BCUT2D eigenvalue weighted by atomic mass is 16.4. The van der Waals surface area contributed by atoms with Crippen LogP contribution in [0, 0.1) is 5.92 Å². The topological polar surface area (TPSA) is 300 Å². The molecule has 10 N–H and O–H groups in total. The Labute approximate surface area is 240 Å². The van der Waals surface area contributed by atoms with Gasteiger partial charge < -0.3 is 47.3 Å². The average molecular weight is 600 g/mol. The normalized spacial score (nSPS) is 13.2. The second-order valence-electron chi connectivity index (χ2n) is 9.35. The van der Waals surface area contributed by atoms with Gasteiger partial charge in [0.15, 0.2) is 0 Å². The standard InChI is InChI=1S/C22H33N7O9.C2H4O2/c1-10(2)18(21(36)28-15(22(37)38)6-12-8-24-9-25-12)29-20(35)14(7-17(32)33)27-19(34)13(26-11(3)30)4-5-16(23)31;1-2(3)4/h8-10,13-15,18H,4-7H2,1-3H3,(H2,23,31)(H,24,25)(H,26,30)(H,27,34)(H,28,36)(H,29,35)(H,32,33)(H,37,38);1H3,(H,3,4)/t13-,14-,15-,18-;/m0./s1. The predicted octanol–water partition coefficient (Wildman–Crippen LogP) is -2.52. The zero-order valence-corrected chi connectivity index (χ0v) is 23.5. The molecule has 0 aliphatic carbocycles. The van der Waals surface area contributed by atoms with Crippen molar-refractivity contribution in [3.8, 4) is 0 Å². The Morgan fingerprint density at radius 3 is 1.83 bits per heavy atom. The number of primary amides is 1. The lowest BCUT2D eigenvalue weighted by atomic mass is 10.0. The van der Waals surface area contributed by atoms with E-state index in [2.05, 4.69) is 31.2 Å². The van der Waals surface area contributed by atoms with Crippen LogP contribution in [0.15, 0.2) is 12.5 Å². The van der Waals surface area contributed by atoms with Crippen LogP contribution >= 0.6 is 0 Å². The van der Waals surface area contributed by atoms with Crippen molar-refractivity contribution in [2.45, 2.75) is 77.5 Å². The molecule has 42 heavy (non-hydrogen) atoms. The summed E-state index contributed by atoms with van der Waals surface area (Å²) in [4.78, 5) is 99.7. The largest absolute Gasteiger partial charge is 0.481 e. The summed E-state index contributed by atoms with van der Waals surface area (Å²) in [5, 5.41) is 35.4. The summed E-state index contributed by atoms with van der Waals surface area (Å²) in [5.74, 6) is -8.37. The van der Waals surface area contributed by atoms with Crippen molar-refractivity contribution in [1.29, 1.82) is 0 Å². The number of hydrogen-bond acceptors (Lipinski definition) is 9. The first-order chi connectivity index (χ1) is 19.4. The Balaban J connectivity index is 0.00000393. The maximum absolute atomic E-state index is 13.0. The summed E-state index contributed by atoms with van der Waals surface area (Å²) in [6.45, 7) is 5.34. The van der Waals surface area contributed by atoms with Crippen LogP contribution < -0.4 is 27.0 Å². The van der Waals surface area contributed by atoms with Crippen LogP contribution in [-0.2, 0) is 44.8 Å². The number of carbonyl (C=O) groups is 8. The molecule has 0 unspecified atom stereocenters. The van der Waals surface area contributed by atoms with Crippen LogP contribution in [0.3, 0.4) is 0 Å². The summed E-state index contributed by atoms with van der Waals surface area (Å²) in [6, 6.07) is -5.61. The molecular weight excluding hydrogens is 562 g/mol. The van der Waals surface area contributed by atoms with Gasteiger partial charge in [-0.25, -0.2) is 9.78 Å². The first-order valence-electron chi connectivity index (χ1n) is 12.5. The second kappa shape index (κ2) is 18.3. The maximum atomic E-state index is 13.0. The van der Waals surface area contributed by atoms with E-state index in [0.717, 1.165) is 13.8 Å². The molecule has 1 rings (SSSR count). The van der Waals surface area contributed by atoms with E-state index in [1.807, 2.05) is 0 Å². The molecule has 1 aromatic rings. The van der Waals surface area contributed by atoms with Gasteiger partial charge in [-0.3, -0.25) is 33.6 Å². The Morgan fingerprint density at radius 2 is 1.40 bits per heavy atom. The number of carbonyl (C=O) groups excluding carboxylic acids is 5. The van der Waals surface area contributed by atoms with Crippen LogP contribution in [0.1, 0.15) is 52.7 Å². The number of nitrogens with one attached hydrogen (secondary N) is 5. The molecule has 1 aromatic heterocycles. The Morgan fingerprint density at radius 1 is 0.857 bits per heavy atom. The number of nitrogens with two attached hydrogens (primary N) is 1. The lowest BCUT2D eigenvalue weighted by molar-refractivity contribution is -0.143. The van der Waals surface area contributed by atoms with Crippen LogP contribution in [-0.4, -0.2) is 96.9 Å². The number of hydrogen-bond donors (Lipinski definition) is 9. The molecule has 0 radical (unpaired) electrons. The van der Waals surface area contributed by atoms with Crippen LogP contribution in [0.5, 0.6) is 0 Å². The quantitative estimate of drug-likeness (QED) is 0.0951. The van der Waals surface area contributed by atoms with E-state index in [1.54, 1.807) is 13.8 Å². The first-order valence-corrected chi connectivity index (χ1v) is 12.5. The minimum Gasteiger partial charge on any atom is -0.481 e. The van der Waals surface area contributed by atoms with Crippen molar-refractivity contribution in [1.82, 2.24) is 31.2 Å². The van der Waals surface area contributed by atoms with E-state index in [9.17, 15) is 43.8 Å². The van der Waals surface area contributed by atoms with Crippen molar-refractivity contribution in [3.05, 3.63) is 18.2 Å². The molecule has 234 valence electrons. The van der Waals surface area contributed by atoms with Crippen LogP contribution in [0.25, 0.3) is 0 Å². The number of carboxylic acid groups (broad SMARTS) is 3. The van der Waals surface area contributed by atoms with Gasteiger partial charge in [-0.2, -0.15) is 0 Å². The molecule has 0 saturated carbocycles. The van der Waals surface area contributed by atoms with Crippen LogP contribution in [0.4, 0.5) is 0 Å². The Hall–Kier alpha value is -5.03. The van der Waals surface area contributed by atoms with Gasteiger partial charge in [-0.05, 0) is 12.3 Å². The molecule has 0 saturated heterocycles. The van der Waals surface area contributed by atoms with Gasteiger partial charge in [0.25, 0.3) is 5.97 Å². The van der Waals surface area contributed by atoms with Crippen LogP contribution in [0.2, 0.25) is 0 Å². The van der Waals surface area contributed by atoms with Crippen molar-refractivity contribution in [3.63, 3.8) is 0 Å². The van der Waals surface area contributed by atoms with Crippen molar-refractivity contribution in [2.75, 3.05) is 0 Å². The first kappa shape index (κ1) is 37.0. The number of H-pyrrole nitrogens is 1. The van der Waals surface area contributed by atoms with E-state index in [-0.39, 0.29) is 19.3 Å². The minimum atomic E-state index is -1.67. The highest BCUT2D eigenvalue weighted by Gasteiger charge is 2.33. The lowest BCUT2D eigenvalue weighted by Crippen LogP contribution is -2.59. The molecule has 18 heteroatoms. The molecule has 0 spiro atoms. The molecule has 0 fully saturated rings. The zero-order chi connectivity index (χ0) is 32.6. The molecular formula is C24H37N7O11. The number of aromatic nitrogens is 2. The third-order valence-electron chi connectivity index (χ3n) is 5.23. The van der Waals surface area contributed by atoms with Crippen molar-refractivity contribution in [2.24, 2.45) is 11.7 Å². The van der Waals surface area contributed by atoms with E-state index < -0.39 is 83.9 Å². The number of carboxylic acids is 3. The fourth-order valence-electron chi connectivity index (χ4n) is 3.32. The summed E-state index contributed by atoms with van der Waals surface area (Å²) in [6.07, 6.45) is 1.27. The predicted molar refractivity (Wildman–Crippen MR) is 142 cm³/mol. The molecule has 0 bridgehead atoms. The Kier molecular flexibility index (Phi) is 16.1. The van der Waals surface area contributed by atoms with E-state index in [1.165, 1.54) is 12.5 Å². The summed E-state index contributed by atoms with van der Waals surface area (Å²) < 4.78 is 0. The minimum absolute atomic E-state index is 0.118. The lowest BCUT2D eigenvalue weighted by Gasteiger charge is -2.27. The van der Waals surface area contributed by atoms with E-state index >= 15 is 0 Å². The third-order valence-corrected chi connectivity index (χ3v) is 5.23. The molecule has 5 amide bonds. The second-order valence-corrected chi connectivity index (χ2v) is 9.35. The van der Waals surface area contributed by atoms with Gasteiger partial charge in [0.2, 0.25) is 29.5 Å². The van der Waals surface area contributed by atoms with E-state index in [4.69, 9.17) is 15.6 Å². The SMILES string of the molecule is CC(=O)N[C@@H](CCC(N)=O)C(=O)N[C@@H](CC(=O)O)C(=O)N[C@H](C(=O)N[C@@H](Cc1cnc[nH]1)C(=O)O)C(C)C.CC(=O)O. The Bertz CT molecular complexity index is 1120. The monoisotopic (exact) mass is 599 g/mol. The highest BCUT2D eigenvalue weighted by molar-refractivity contribution is 5.96. The summed E-state index contributed by atoms with van der Waals surface area (Å²) in [5.41, 5.74) is 5.53. The van der Waals surface area contributed by atoms with Crippen molar-refractivity contribution < 1.29 is 53.7 Å². The van der Waals surface area contributed by atoms with Gasteiger partial charge >= 0.3 is 11.9 Å². The van der Waals surface area contributed by atoms with Gasteiger partial charge in [0.1, 0.15) is 24.2 Å². The number of imidazole rings is 1. The highest BCUT2D eigenvalue weighted by Crippen LogP contribution is 2.07. The average Bonchev–Trinajstić information content (AvgIpc) is 3.35.